The number of aliphatic hydroxyl groups excluding tert-OH is 1. The highest BCUT2D eigenvalue weighted by atomic mass is 127. The van der Waals surface area contributed by atoms with Crippen molar-refractivity contribution in [2.45, 2.75) is 6.92 Å². The molecule has 2 heteroatoms. The summed E-state index contributed by atoms with van der Waals surface area (Å²) in [5.74, 6) is 0. The summed E-state index contributed by atoms with van der Waals surface area (Å²) in [4.78, 5) is 0. The highest BCUT2D eigenvalue weighted by Crippen LogP contribution is 1.97. The SMILES string of the molecule is CC(/C=C/CO)=C\I. The molecule has 0 amide bonds. The first-order valence-electron chi connectivity index (χ1n) is 2.35. The Morgan fingerprint density at radius 2 is 2.38 bits per heavy atom. The van der Waals surface area contributed by atoms with Crippen molar-refractivity contribution in [3.63, 3.8) is 0 Å². The number of halogens is 1. The molecule has 0 rings (SSSR count). The van der Waals surface area contributed by atoms with Gasteiger partial charge in [0.1, 0.15) is 0 Å². The lowest BCUT2D eigenvalue weighted by atomic mass is 10.3. The van der Waals surface area contributed by atoms with Crippen molar-refractivity contribution in [1.29, 1.82) is 0 Å². The van der Waals surface area contributed by atoms with E-state index in [1.54, 1.807) is 6.08 Å². The average Bonchev–Trinajstić information content (AvgIpc) is 1.83. The summed E-state index contributed by atoms with van der Waals surface area (Å²) in [6.45, 7) is 2.11. The summed E-state index contributed by atoms with van der Waals surface area (Å²) in [6.07, 6.45) is 3.59. The quantitative estimate of drug-likeness (QED) is 0.560. The molecule has 0 aliphatic rings. The van der Waals surface area contributed by atoms with E-state index < -0.39 is 0 Å². The maximum absolute atomic E-state index is 8.29. The van der Waals surface area contributed by atoms with Crippen LogP contribution in [0.15, 0.2) is 21.8 Å². The van der Waals surface area contributed by atoms with Gasteiger partial charge in [-0.1, -0.05) is 34.7 Å². The van der Waals surface area contributed by atoms with E-state index in [9.17, 15) is 0 Å². The van der Waals surface area contributed by atoms with Gasteiger partial charge in [-0.25, -0.2) is 0 Å². The molecular formula is C6H9IO. The van der Waals surface area contributed by atoms with Crippen molar-refractivity contribution >= 4 is 22.6 Å². The van der Waals surface area contributed by atoms with E-state index in [0.717, 1.165) is 0 Å². The third kappa shape index (κ3) is 4.33. The number of allylic oxidation sites excluding steroid dienone is 2. The van der Waals surface area contributed by atoms with Crippen LogP contribution in [-0.4, -0.2) is 11.7 Å². The topological polar surface area (TPSA) is 20.2 Å². The van der Waals surface area contributed by atoms with Crippen molar-refractivity contribution in [3.05, 3.63) is 21.8 Å². The molecule has 0 aromatic rings. The standard InChI is InChI=1S/C6H9IO/c1-6(5-7)3-2-4-8/h2-3,5,8H,4H2,1H3/b3-2+,6-5+. The van der Waals surface area contributed by atoms with Gasteiger partial charge < -0.3 is 5.11 Å². The second-order valence-corrected chi connectivity index (χ2v) is 2.06. The van der Waals surface area contributed by atoms with Crippen LogP contribution in [0.5, 0.6) is 0 Å². The van der Waals surface area contributed by atoms with Gasteiger partial charge in [0.05, 0.1) is 6.61 Å². The molecule has 0 bridgehead atoms. The zero-order valence-corrected chi connectivity index (χ0v) is 6.92. The van der Waals surface area contributed by atoms with Crippen molar-refractivity contribution in [2.75, 3.05) is 6.61 Å². The highest BCUT2D eigenvalue weighted by molar-refractivity contribution is 14.1. The van der Waals surface area contributed by atoms with Crippen molar-refractivity contribution < 1.29 is 5.11 Å². The third-order valence-electron chi connectivity index (χ3n) is 0.658. The van der Waals surface area contributed by atoms with Crippen LogP contribution >= 0.6 is 22.6 Å². The maximum Gasteiger partial charge on any atom is 0.0615 e. The number of rotatable bonds is 2. The van der Waals surface area contributed by atoms with E-state index in [2.05, 4.69) is 22.6 Å². The summed E-state index contributed by atoms with van der Waals surface area (Å²) in [5, 5.41) is 8.29. The van der Waals surface area contributed by atoms with Gasteiger partial charge in [0.2, 0.25) is 0 Å². The normalized spacial score (nSPS) is 13.1. The zero-order valence-electron chi connectivity index (χ0n) is 4.76. The minimum Gasteiger partial charge on any atom is -0.392 e. The van der Waals surface area contributed by atoms with E-state index in [1.165, 1.54) is 5.57 Å². The van der Waals surface area contributed by atoms with Gasteiger partial charge in [-0.05, 0) is 16.6 Å². The summed E-state index contributed by atoms with van der Waals surface area (Å²) in [6, 6.07) is 0. The molecule has 0 radical (unpaired) electrons. The van der Waals surface area contributed by atoms with Gasteiger partial charge in [0.15, 0.2) is 0 Å². The molecule has 0 heterocycles. The summed E-state index contributed by atoms with van der Waals surface area (Å²) < 4.78 is 1.96. The predicted octanol–water partition coefficient (Wildman–Crippen LogP) is 1.87. The first-order valence-corrected chi connectivity index (χ1v) is 3.60. The summed E-state index contributed by atoms with van der Waals surface area (Å²) in [5.41, 5.74) is 1.17. The smallest absolute Gasteiger partial charge is 0.0615 e. The van der Waals surface area contributed by atoms with E-state index in [4.69, 9.17) is 5.11 Å². The van der Waals surface area contributed by atoms with Crippen LogP contribution in [0.1, 0.15) is 6.92 Å². The van der Waals surface area contributed by atoms with Crippen molar-refractivity contribution in [2.24, 2.45) is 0 Å². The predicted molar refractivity (Wildman–Crippen MR) is 44.0 cm³/mol. The number of aliphatic hydroxyl groups is 1. The fourth-order valence-electron chi connectivity index (χ4n) is 0.275. The molecule has 46 valence electrons. The monoisotopic (exact) mass is 224 g/mol. The van der Waals surface area contributed by atoms with E-state index >= 15 is 0 Å². The van der Waals surface area contributed by atoms with Gasteiger partial charge in [0, 0.05) is 0 Å². The molecular weight excluding hydrogens is 215 g/mol. The minimum atomic E-state index is 0.127. The average molecular weight is 224 g/mol. The Hall–Kier alpha value is 0.170. The molecule has 0 aliphatic carbocycles. The van der Waals surface area contributed by atoms with Crippen LogP contribution in [0.3, 0.4) is 0 Å². The highest BCUT2D eigenvalue weighted by Gasteiger charge is 1.73. The molecule has 0 spiro atoms. The van der Waals surface area contributed by atoms with Crippen LogP contribution < -0.4 is 0 Å². The van der Waals surface area contributed by atoms with Crippen molar-refractivity contribution in [1.82, 2.24) is 0 Å². The number of hydrogen-bond donors (Lipinski definition) is 1. The van der Waals surface area contributed by atoms with E-state index in [1.807, 2.05) is 17.1 Å². The summed E-state index contributed by atoms with van der Waals surface area (Å²) >= 11 is 2.16. The molecule has 8 heavy (non-hydrogen) atoms. The first kappa shape index (κ1) is 8.17. The van der Waals surface area contributed by atoms with E-state index in [-0.39, 0.29) is 6.61 Å². The lowest BCUT2D eigenvalue weighted by Crippen LogP contribution is -1.70. The molecule has 1 N–H and O–H groups in total. The van der Waals surface area contributed by atoms with Crippen LogP contribution in [0, 0.1) is 0 Å². The molecule has 0 saturated carbocycles. The second-order valence-electron chi connectivity index (χ2n) is 1.44. The van der Waals surface area contributed by atoms with E-state index in [0.29, 0.717) is 0 Å². The van der Waals surface area contributed by atoms with Crippen LogP contribution in [0.25, 0.3) is 0 Å². The fraction of sp³-hybridized carbons (Fsp3) is 0.333. The Bertz CT molecular complexity index is 105. The second kappa shape index (κ2) is 5.31. The molecule has 0 atom stereocenters. The minimum absolute atomic E-state index is 0.127. The molecule has 0 aliphatic heterocycles. The summed E-state index contributed by atoms with van der Waals surface area (Å²) in [7, 11) is 0. The van der Waals surface area contributed by atoms with Crippen LogP contribution in [-0.2, 0) is 0 Å². The van der Waals surface area contributed by atoms with Gasteiger partial charge in [0.25, 0.3) is 0 Å². The molecule has 0 aromatic carbocycles. The Labute approximate surface area is 63.2 Å². The Balaban J connectivity index is 3.53. The van der Waals surface area contributed by atoms with Crippen molar-refractivity contribution in [3.8, 4) is 0 Å². The van der Waals surface area contributed by atoms with Crippen LogP contribution in [0.4, 0.5) is 0 Å². The maximum atomic E-state index is 8.29. The number of hydrogen-bond acceptors (Lipinski definition) is 1. The molecule has 0 saturated heterocycles. The molecule has 0 fully saturated rings. The zero-order chi connectivity index (χ0) is 6.41. The lowest BCUT2D eigenvalue weighted by Gasteiger charge is -1.82. The van der Waals surface area contributed by atoms with Gasteiger partial charge in [-0.15, -0.1) is 0 Å². The first-order chi connectivity index (χ1) is 3.81. The van der Waals surface area contributed by atoms with Crippen LogP contribution in [0.2, 0.25) is 0 Å². The lowest BCUT2D eigenvalue weighted by molar-refractivity contribution is 0.342. The largest absolute Gasteiger partial charge is 0.392 e. The Kier molecular flexibility index (Phi) is 5.42. The Morgan fingerprint density at radius 3 is 2.75 bits per heavy atom. The van der Waals surface area contributed by atoms with Gasteiger partial charge >= 0.3 is 0 Å². The molecule has 0 aromatic heterocycles. The third-order valence-corrected chi connectivity index (χ3v) is 1.64. The fourth-order valence-corrected chi connectivity index (χ4v) is 0.483. The molecule has 1 nitrogen and oxygen atoms in total. The van der Waals surface area contributed by atoms with Gasteiger partial charge in [-0.2, -0.15) is 0 Å². The molecule has 0 unspecified atom stereocenters. The Morgan fingerprint density at radius 1 is 1.75 bits per heavy atom. The van der Waals surface area contributed by atoms with Gasteiger partial charge in [-0.3, -0.25) is 0 Å².